The van der Waals surface area contributed by atoms with Crippen molar-refractivity contribution in [2.24, 2.45) is 11.7 Å². The Balaban J connectivity index is 1.73. The topological polar surface area (TPSA) is 68.3 Å². The molecule has 4 nitrogen and oxygen atoms in total. The number of rotatable bonds is 4. The molecule has 0 saturated heterocycles. The van der Waals surface area contributed by atoms with Crippen LogP contribution < -0.4 is 11.1 Å². The standard InChI is InChI=1S/C14H16N2O2/c15-12(9-4-5-9)8-16-14(17)11-2-1-3-13-10(11)6-7-18-13/h1-3,6-7,9,12H,4-5,8,15H2,(H,16,17). The molecule has 18 heavy (non-hydrogen) atoms. The number of nitrogens with two attached hydrogens (primary N) is 1. The van der Waals surface area contributed by atoms with Crippen molar-refractivity contribution < 1.29 is 9.21 Å². The molecule has 0 spiro atoms. The molecule has 1 fully saturated rings. The number of hydrogen-bond acceptors (Lipinski definition) is 3. The van der Waals surface area contributed by atoms with Crippen LogP contribution in [0.2, 0.25) is 0 Å². The highest BCUT2D eigenvalue weighted by atomic mass is 16.3. The Morgan fingerprint density at radius 3 is 3.06 bits per heavy atom. The third-order valence-electron chi connectivity index (χ3n) is 3.47. The fourth-order valence-electron chi connectivity index (χ4n) is 2.19. The molecule has 1 aromatic heterocycles. The number of benzene rings is 1. The fourth-order valence-corrected chi connectivity index (χ4v) is 2.19. The van der Waals surface area contributed by atoms with Crippen LogP contribution in [0.1, 0.15) is 23.2 Å². The Morgan fingerprint density at radius 1 is 1.44 bits per heavy atom. The Kier molecular flexibility index (Phi) is 2.80. The highest BCUT2D eigenvalue weighted by Gasteiger charge is 2.28. The molecule has 1 aliphatic rings. The van der Waals surface area contributed by atoms with E-state index in [1.165, 1.54) is 12.8 Å². The van der Waals surface area contributed by atoms with Crippen LogP contribution in [-0.4, -0.2) is 18.5 Å². The summed E-state index contributed by atoms with van der Waals surface area (Å²) in [5, 5.41) is 3.74. The van der Waals surface area contributed by atoms with Gasteiger partial charge < -0.3 is 15.5 Å². The van der Waals surface area contributed by atoms with Crippen LogP contribution in [0.15, 0.2) is 34.9 Å². The maximum atomic E-state index is 12.1. The molecule has 3 rings (SSSR count). The second-order valence-corrected chi connectivity index (χ2v) is 4.85. The molecule has 0 bridgehead atoms. The van der Waals surface area contributed by atoms with E-state index in [4.69, 9.17) is 10.2 Å². The molecule has 4 heteroatoms. The van der Waals surface area contributed by atoms with Crippen molar-refractivity contribution in [1.82, 2.24) is 5.32 Å². The van der Waals surface area contributed by atoms with E-state index in [0.29, 0.717) is 18.0 Å². The minimum absolute atomic E-state index is 0.0810. The molecule has 1 heterocycles. The maximum Gasteiger partial charge on any atom is 0.252 e. The number of hydrogen-bond donors (Lipinski definition) is 2. The summed E-state index contributed by atoms with van der Waals surface area (Å²) in [6.07, 6.45) is 3.97. The van der Waals surface area contributed by atoms with E-state index >= 15 is 0 Å². The zero-order chi connectivity index (χ0) is 12.5. The summed E-state index contributed by atoms with van der Waals surface area (Å²) in [4.78, 5) is 12.1. The molecular formula is C14H16N2O2. The van der Waals surface area contributed by atoms with Gasteiger partial charge in [-0.05, 0) is 37.0 Å². The van der Waals surface area contributed by atoms with Gasteiger partial charge in [-0.1, -0.05) is 6.07 Å². The van der Waals surface area contributed by atoms with Crippen LogP contribution in [0.5, 0.6) is 0 Å². The number of carbonyl (C=O) groups excluding carboxylic acids is 1. The number of nitrogens with one attached hydrogen (secondary N) is 1. The molecule has 0 aliphatic heterocycles. The summed E-state index contributed by atoms with van der Waals surface area (Å²) in [6, 6.07) is 7.36. The van der Waals surface area contributed by atoms with Gasteiger partial charge in [0.1, 0.15) is 5.58 Å². The molecule has 1 atom stereocenters. The third kappa shape index (κ3) is 2.11. The molecule has 0 radical (unpaired) electrons. The van der Waals surface area contributed by atoms with Crippen molar-refractivity contribution in [3.63, 3.8) is 0 Å². The smallest absolute Gasteiger partial charge is 0.252 e. The predicted octanol–water partition coefficient (Wildman–Crippen LogP) is 1.90. The van der Waals surface area contributed by atoms with Gasteiger partial charge in [-0.2, -0.15) is 0 Å². The van der Waals surface area contributed by atoms with Gasteiger partial charge in [0.25, 0.3) is 5.91 Å². The second kappa shape index (κ2) is 4.46. The van der Waals surface area contributed by atoms with Crippen molar-refractivity contribution in [1.29, 1.82) is 0 Å². The van der Waals surface area contributed by atoms with Gasteiger partial charge in [0.05, 0.1) is 11.8 Å². The molecule has 3 N–H and O–H groups in total. The summed E-state index contributed by atoms with van der Waals surface area (Å²) in [5.41, 5.74) is 7.34. The van der Waals surface area contributed by atoms with E-state index < -0.39 is 0 Å². The van der Waals surface area contributed by atoms with Gasteiger partial charge in [0.2, 0.25) is 0 Å². The van der Waals surface area contributed by atoms with Crippen LogP contribution in [0.3, 0.4) is 0 Å². The van der Waals surface area contributed by atoms with E-state index in [1.807, 2.05) is 18.2 Å². The zero-order valence-corrected chi connectivity index (χ0v) is 10.1. The second-order valence-electron chi connectivity index (χ2n) is 4.85. The highest BCUT2D eigenvalue weighted by Crippen LogP contribution is 2.31. The van der Waals surface area contributed by atoms with Crippen molar-refractivity contribution in [3.05, 3.63) is 36.1 Å². The van der Waals surface area contributed by atoms with Gasteiger partial charge in [0, 0.05) is 18.0 Å². The van der Waals surface area contributed by atoms with Crippen LogP contribution in [0.25, 0.3) is 11.0 Å². The monoisotopic (exact) mass is 244 g/mol. The summed E-state index contributed by atoms with van der Waals surface area (Å²) in [7, 11) is 0. The lowest BCUT2D eigenvalue weighted by molar-refractivity contribution is 0.0952. The first-order valence-electron chi connectivity index (χ1n) is 6.25. The lowest BCUT2D eigenvalue weighted by Gasteiger charge is -2.11. The number of amides is 1. The molecule has 94 valence electrons. The Hall–Kier alpha value is -1.81. The molecule has 1 aliphatic carbocycles. The lowest BCUT2D eigenvalue weighted by atomic mass is 10.1. The minimum atomic E-state index is -0.0851. The third-order valence-corrected chi connectivity index (χ3v) is 3.47. The zero-order valence-electron chi connectivity index (χ0n) is 10.1. The van der Waals surface area contributed by atoms with Gasteiger partial charge in [-0.3, -0.25) is 4.79 Å². The molecule has 1 saturated carbocycles. The molecule has 1 amide bonds. The molecular weight excluding hydrogens is 228 g/mol. The largest absolute Gasteiger partial charge is 0.464 e. The van der Waals surface area contributed by atoms with Crippen molar-refractivity contribution in [3.8, 4) is 0 Å². The molecule has 1 unspecified atom stereocenters. The first-order chi connectivity index (χ1) is 8.75. The van der Waals surface area contributed by atoms with Gasteiger partial charge >= 0.3 is 0 Å². The van der Waals surface area contributed by atoms with Crippen LogP contribution >= 0.6 is 0 Å². The van der Waals surface area contributed by atoms with Crippen molar-refractivity contribution >= 4 is 16.9 Å². The quantitative estimate of drug-likeness (QED) is 0.863. The number of fused-ring (bicyclic) bond motifs is 1. The van der Waals surface area contributed by atoms with Crippen LogP contribution in [0.4, 0.5) is 0 Å². The van der Waals surface area contributed by atoms with E-state index in [9.17, 15) is 4.79 Å². The van der Waals surface area contributed by atoms with Crippen molar-refractivity contribution in [2.75, 3.05) is 6.54 Å². The maximum absolute atomic E-state index is 12.1. The van der Waals surface area contributed by atoms with Crippen LogP contribution in [-0.2, 0) is 0 Å². The summed E-state index contributed by atoms with van der Waals surface area (Å²) in [6.45, 7) is 0.539. The van der Waals surface area contributed by atoms with E-state index in [0.717, 1.165) is 11.0 Å². The predicted molar refractivity (Wildman–Crippen MR) is 69.2 cm³/mol. The van der Waals surface area contributed by atoms with E-state index in [2.05, 4.69) is 5.32 Å². The van der Waals surface area contributed by atoms with E-state index in [-0.39, 0.29) is 11.9 Å². The van der Waals surface area contributed by atoms with Gasteiger partial charge in [-0.25, -0.2) is 0 Å². The first-order valence-corrected chi connectivity index (χ1v) is 6.25. The lowest BCUT2D eigenvalue weighted by Crippen LogP contribution is -2.38. The number of carbonyl (C=O) groups is 1. The average Bonchev–Trinajstić information content (AvgIpc) is 3.12. The SMILES string of the molecule is NC(CNC(=O)c1cccc2occc12)C1CC1. The van der Waals surface area contributed by atoms with Crippen molar-refractivity contribution in [2.45, 2.75) is 18.9 Å². The summed E-state index contributed by atoms with van der Waals surface area (Å²) in [5.74, 6) is 0.508. The average molecular weight is 244 g/mol. The Labute approximate surface area is 105 Å². The fraction of sp³-hybridized carbons (Fsp3) is 0.357. The van der Waals surface area contributed by atoms with Gasteiger partial charge in [0.15, 0.2) is 0 Å². The normalized spacial score (nSPS) is 16.7. The first kappa shape index (κ1) is 11.3. The minimum Gasteiger partial charge on any atom is -0.464 e. The summed E-state index contributed by atoms with van der Waals surface area (Å²) < 4.78 is 5.28. The highest BCUT2D eigenvalue weighted by molar-refractivity contribution is 6.05. The summed E-state index contributed by atoms with van der Waals surface area (Å²) >= 11 is 0. The van der Waals surface area contributed by atoms with Crippen LogP contribution in [0, 0.1) is 5.92 Å². The molecule has 1 aromatic carbocycles. The Bertz CT molecular complexity index is 572. The van der Waals surface area contributed by atoms with E-state index in [1.54, 1.807) is 12.3 Å². The molecule has 2 aromatic rings. The number of furan rings is 1. The van der Waals surface area contributed by atoms with Gasteiger partial charge in [-0.15, -0.1) is 0 Å². The Morgan fingerprint density at radius 2 is 2.28 bits per heavy atom.